The highest BCUT2D eigenvalue weighted by Gasteiger charge is 2.18. The number of aromatic carboxylic acids is 1. The van der Waals surface area contributed by atoms with Gasteiger partial charge in [0.25, 0.3) is 10.0 Å². The van der Waals surface area contributed by atoms with Crippen molar-refractivity contribution in [1.29, 1.82) is 0 Å². The third-order valence-corrected chi connectivity index (χ3v) is 4.22. The summed E-state index contributed by atoms with van der Waals surface area (Å²) in [6.45, 7) is 1.60. The normalized spacial score (nSPS) is 11.1. The van der Waals surface area contributed by atoms with Gasteiger partial charge in [0.15, 0.2) is 0 Å². The molecule has 0 aromatic heterocycles. The van der Waals surface area contributed by atoms with Crippen molar-refractivity contribution in [3.05, 3.63) is 59.7 Å². The Labute approximate surface area is 122 Å². The second kappa shape index (κ2) is 5.94. The van der Waals surface area contributed by atoms with Crippen LogP contribution in [0.1, 0.15) is 15.9 Å². The molecule has 2 aromatic carbocycles. The van der Waals surface area contributed by atoms with E-state index in [0.717, 1.165) is 6.07 Å². The van der Waals surface area contributed by atoms with Gasteiger partial charge in [0.05, 0.1) is 10.5 Å². The first-order chi connectivity index (χ1) is 9.90. The minimum atomic E-state index is -3.87. The molecule has 110 valence electrons. The molecule has 6 nitrogen and oxygen atoms in total. The van der Waals surface area contributed by atoms with Gasteiger partial charge in [-0.2, -0.15) is 0 Å². The molecule has 0 radical (unpaired) electrons. The first-order valence-electron chi connectivity index (χ1n) is 6.07. The van der Waals surface area contributed by atoms with Crippen LogP contribution in [0.3, 0.4) is 0 Å². The number of nitrogens with one attached hydrogen (secondary N) is 2. The van der Waals surface area contributed by atoms with Gasteiger partial charge in [0.2, 0.25) is 0 Å². The number of carboxylic acid groups (broad SMARTS) is 1. The minimum Gasteiger partial charge on any atom is -0.478 e. The highest BCUT2D eigenvalue weighted by molar-refractivity contribution is 7.89. The summed E-state index contributed by atoms with van der Waals surface area (Å²) in [5.74, 6) is -1.18. The molecule has 2 rings (SSSR count). The Hall–Kier alpha value is -2.38. The van der Waals surface area contributed by atoms with Crippen molar-refractivity contribution in [3.8, 4) is 0 Å². The molecule has 3 N–H and O–H groups in total. The van der Waals surface area contributed by atoms with Crippen LogP contribution in [-0.4, -0.2) is 19.5 Å². The number of hydrogen-bond acceptors (Lipinski definition) is 4. The molecule has 0 aliphatic heterocycles. The summed E-state index contributed by atoms with van der Waals surface area (Å²) >= 11 is 0. The summed E-state index contributed by atoms with van der Waals surface area (Å²) < 4.78 is 24.5. The average molecular weight is 306 g/mol. The molecule has 0 atom stereocenters. The first-order valence-corrected chi connectivity index (χ1v) is 7.55. The summed E-state index contributed by atoms with van der Waals surface area (Å²) in [4.78, 5) is 13.1. The van der Waals surface area contributed by atoms with Crippen molar-refractivity contribution in [2.24, 2.45) is 0 Å². The number of benzene rings is 2. The molecule has 0 unspecified atom stereocenters. The lowest BCUT2D eigenvalue weighted by atomic mass is 10.1. The van der Waals surface area contributed by atoms with Crippen LogP contribution in [0.4, 0.5) is 5.69 Å². The third kappa shape index (κ3) is 3.59. The highest BCUT2D eigenvalue weighted by Crippen LogP contribution is 2.17. The smallest absolute Gasteiger partial charge is 0.335 e. The monoisotopic (exact) mass is 306 g/mol. The molecule has 0 amide bonds. The zero-order chi connectivity index (χ0) is 15.5. The molecule has 0 aliphatic rings. The number of hydrogen-bond donors (Lipinski definition) is 3. The van der Waals surface area contributed by atoms with E-state index < -0.39 is 16.0 Å². The van der Waals surface area contributed by atoms with Crippen molar-refractivity contribution >= 4 is 21.7 Å². The number of sulfonamides is 1. The van der Waals surface area contributed by atoms with Gasteiger partial charge in [-0.15, -0.1) is 4.83 Å². The molecule has 7 heteroatoms. The molecule has 0 saturated carbocycles. The number of carboxylic acids is 1. The van der Waals surface area contributed by atoms with E-state index in [4.69, 9.17) is 5.11 Å². The maximum absolute atomic E-state index is 12.2. The van der Waals surface area contributed by atoms with E-state index in [2.05, 4.69) is 10.3 Å². The summed E-state index contributed by atoms with van der Waals surface area (Å²) in [6, 6.07) is 12.7. The predicted molar refractivity (Wildman–Crippen MR) is 78.5 cm³/mol. The fourth-order valence-electron chi connectivity index (χ4n) is 1.73. The molecule has 21 heavy (non-hydrogen) atoms. The molecule has 0 bridgehead atoms. The van der Waals surface area contributed by atoms with E-state index in [0.29, 0.717) is 11.3 Å². The lowest BCUT2D eigenvalue weighted by Gasteiger charge is -2.11. The molecule has 0 fully saturated rings. The van der Waals surface area contributed by atoms with Gasteiger partial charge >= 0.3 is 5.97 Å². The van der Waals surface area contributed by atoms with E-state index in [1.807, 2.05) is 0 Å². The largest absolute Gasteiger partial charge is 0.478 e. The first kappa shape index (κ1) is 15.0. The second-order valence-corrected chi connectivity index (χ2v) is 6.03. The summed E-state index contributed by atoms with van der Waals surface area (Å²) in [6.07, 6.45) is 0. The topological polar surface area (TPSA) is 95.5 Å². The van der Waals surface area contributed by atoms with E-state index >= 15 is 0 Å². The predicted octanol–water partition coefficient (Wildman–Crippen LogP) is 2.00. The van der Waals surface area contributed by atoms with Crippen LogP contribution in [0.15, 0.2) is 53.4 Å². The fourth-order valence-corrected chi connectivity index (χ4v) is 2.86. The van der Waals surface area contributed by atoms with Crippen LogP contribution >= 0.6 is 0 Å². The Kier molecular flexibility index (Phi) is 4.25. The molecule has 2 aromatic rings. The zero-order valence-electron chi connectivity index (χ0n) is 11.2. The maximum Gasteiger partial charge on any atom is 0.335 e. The molecule has 0 heterocycles. The Morgan fingerprint density at radius 3 is 2.38 bits per heavy atom. The van der Waals surface area contributed by atoms with Crippen LogP contribution in [0.25, 0.3) is 0 Å². The second-order valence-electron chi connectivity index (χ2n) is 4.38. The molecular formula is C14H14N2O4S. The summed E-state index contributed by atoms with van der Waals surface area (Å²) in [5, 5.41) is 8.94. The van der Waals surface area contributed by atoms with Gasteiger partial charge in [0.1, 0.15) is 0 Å². The number of para-hydroxylation sites is 1. The van der Waals surface area contributed by atoms with Crippen LogP contribution in [0, 0.1) is 6.92 Å². The minimum absolute atomic E-state index is 0.0779. The lowest BCUT2D eigenvalue weighted by molar-refractivity contribution is 0.0696. The number of rotatable bonds is 5. The highest BCUT2D eigenvalue weighted by atomic mass is 32.2. The molecule has 0 spiro atoms. The fraction of sp³-hybridized carbons (Fsp3) is 0.0714. The van der Waals surface area contributed by atoms with Crippen LogP contribution in [-0.2, 0) is 10.0 Å². The molecule has 0 aliphatic carbocycles. The lowest BCUT2D eigenvalue weighted by Crippen LogP contribution is -2.30. The van der Waals surface area contributed by atoms with E-state index in [1.54, 1.807) is 37.3 Å². The number of hydrazine groups is 1. The molecular weight excluding hydrogens is 292 g/mol. The van der Waals surface area contributed by atoms with Crippen LogP contribution in [0.5, 0.6) is 0 Å². The van der Waals surface area contributed by atoms with Gasteiger partial charge in [-0.25, -0.2) is 13.2 Å². The Bertz CT molecular complexity index is 758. The summed E-state index contributed by atoms with van der Waals surface area (Å²) in [5.41, 5.74) is 3.53. The van der Waals surface area contributed by atoms with Crippen molar-refractivity contribution in [2.45, 2.75) is 11.8 Å². The SMILES string of the molecule is Cc1ccc(C(=O)O)cc1S(=O)(=O)NNc1ccccc1. The summed E-state index contributed by atoms with van der Waals surface area (Å²) in [7, 11) is -3.87. The van der Waals surface area contributed by atoms with Crippen LogP contribution in [0.2, 0.25) is 0 Å². The Morgan fingerprint density at radius 1 is 1.10 bits per heavy atom. The average Bonchev–Trinajstić information content (AvgIpc) is 2.46. The Balaban J connectivity index is 2.27. The van der Waals surface area contributed by atoms with Gasteiger partial charge in [0, 0.05) is 5.69 Å². The number of aryl methyl sites for hydroxylation is 1. The quantitative estimate of drug-likeness (QED) is 0.734. The number of carbonyl (C=O) groups is 1. The van der Waals surface area contributed by atoms with E-state index in [9.17, 15) is 13.2 Å². The van der Waals surface area contributed by atoms with Crippen molar-refractivity contribution in [1.82, 2.24) is 4.83 Å². The zero-order valence-corrected chi connectivity index (χ0v) is 12.0. The van der Waals surface area contributed by atoms with Crippen molar-refractivity contribution in [3.63, 3.8) is 0 Å². The van der Waals surface area contributed by atoms with Gasteiger partial charge in [-0.3, -0.25) is 0 Å². The van der Waals surface area contributed by atoms with Crippen molar-refractivity contribution in [2.75, 3.05) is 5.43 Å². The standard InChI is InChI=1S/C14H14N2O4S/c1-10-7-8-11(14(17)18)9-13(10)21(19,20)16-15-12-5-3-2-4-6-12/h2-9,15-16H,1H3,(H,17,18). The van der Waals surface area contributed by atoms with Crippen LogP contribution < -0.4 is 10.3 Å². The number of anilines is 1. The van der Waals surface area contributed by atoms with Gasteiger partial charge in [-0.1, -0.05) is 24.3 Å². The molecule has 0 saturated heterocycles. The van der Waals surface area contributed by atoms with E-state index in [-0.39, 0.29) is 10.5 Å². The van der Waals surface area contributed by atoms with Crippen molar-refractivity contribution < 1.29 is 18.3 Å². The van der Waals surface area contributed by atoms with Gasteiger partial charge < -0.3 is 10.5 Å². The van der Waals surface area contributed by atoms with Gasteiger partial charge in [-0.05, 0) is 36.8 Å². The Morgan fingerprint density at radius 2 is 1.76 bits per heavy atom. The maximum atomic E-state index is 12.2. The third-order valence-electron chi connectivity index (χ3n) is 2.83. The van der Waals surface area contributed by atoms with E-state index in [1.165, 1.54) is 12.1 Å².